The number of carbonyl (C=O) groups excluding carboxylic acids is 1. The lowest BCUT2D eigenvalue weighted by Crippen LogP contribution is -2.44. The van der Waals surface area contributed by atoms with E-state index in [1.807, 2.05) is 12.1 Å². The van der Waals surface area contributed by atoms with E-state index in [1.165, 1.54) is 7.11 Å². The number of methoxy groups -OCH3 is 1. The highest BCUT2D eigenvalue weighted by Crippen LogP contribution is 2.27. The van der Waals surface area contributed by atoms with Crippen molar-refractivity contribution in [3.63, 3.8) is 0 Å². The fourth-order valence-electron chi connectivity index (χ4n) is 2.91. The Bertz CT molecular complexity index is 717. The number of nitrogens with zero attached hydrogens (tertiary/aromatic N) is 1. The number of halogens is 1. The third-order valence-corrected chi connectivity index (χ3v) is 4.46. The number of morpholine rings is 1. The molecule has 1 aliphatic rings. The molecule has 2 aromatic rings. The number of furan rings is 1. The van der Waals surface area contributed by atoms with Crippen molar-refractivity contribution in [2.75, 3.05) is 45.3 Å². The maximum atomic E-state index is 12.4. The van der Waals surface area contributed by atoms with Crippen molar-refractivity contribution >= 4 is 23.3 Å². The van der Waals surface area contributed by atoms with Crippen LogP contribution in [0.15, 0.2) is 41.0 Å². The van der Waals surface area contributed by atoms with Gasteiger partial charge in [0.05, 0.1) is 38.3 Å². The van der Waals surface area contributed by atoms with E-state index < -0.39 is 0 Å². The Kier molecular flexibility index (Phi) is 6.38. The Morgan fingerprint density at radius 3 is 2.85 bits per heavy atom. The minimum atomic E-state index is -0.338. The molecule has 0 radical (unpaired) electrons. The molecule has 26 heavy (non-hydrogen) atoms. The molecule has 0 aliphatic carbocycles. The van der Waals surface area contributed by atoms with Crippen molar-refractivity contribution in [2.45, 2.75) is 6.04 Å². The molecule has 1 aromatic carbocycles. The number of hydrogen-bond donors (Lipinski definition) is 2. The predicted molar refractivity (Wildman–Crippen MR) is 98.9 cm³/mol. The molecule has 3 rings (SSSR count). The zero-order chi connectivity index (χ0) is 18.4. The van der Waals surface area contributed by atoms with Gasteiger partial charge in [0.25, 0.3) is 0 Å². The molecule has 0 saturated carbocycles. The van der Waals surface area contributed by atoms with E-state index in [1.54, 1.807) is 24.5 Å². The molecule has 0 spiro atoms. The zero-order valence-corrected chi connectivity index (χ0v) is 15.3. The maximum Gasteiger partial charge on any atom is 0.319 e. The molecule has 2 N–H and O–H groups in total. The van der Waals surface area contributed by atoms with E-state index in [4.69, 9.17) is 25.5 Å². The summed E-state index contributed by atoms with van der Waals surface area (Å²) in [6, 6.07) is 8.42. The van der Waals surface area contributed by atoms with Crippen molar-refractivity contribution in [1.82, 2.24) is 10.2 Å². The first kappa shape index (κ1) is 18.6. The summed E-state index contributed by atoms with van der Waals surface area (Å²) in [5.41, 5.74) is 0.512. The number of carbonyl (C=O) groups is 1. The Balaban J connectivity index is 1.63. The van der Waals surface area contributed by atoms with Crippen LogP contribution in [0, 0.1) is 0 Å². The van der Waals surface area contributed by atoms with E-state index in [2.05, 4.69) is 15.5 Å². The molecule has 2 amide bonds. The Labute approximate surface area is 157 Å². The molecular formula is C18H22ClN3O4. The summed E-state index contributed by atoms with van der Waals surface area (Å²) < 4.78 is 16.2. The summed E-state index contributed by atoms with van der Waals surface area (Å²) >= 11 is 6.00. The molecule has 1 aliphatic heterocycles. The van der Waals surface area contributed by atoms with Gasteiger partial charge < -0.3 is 24.5 Å². The third-order valence-electron chi connectivity index (χ3n) is 4.22. The largest absolute Gasteiger partial charge is 0.495 e. The lowest BCUT2D eigenvalue weighted by molar-refractivity contribution is 0.0124. The number of urea groups is 1. The maximum absolute atomic E-state index is 12.4. The van der Waals surface area contributed by atoms with Crippen LogP contribution in [0.25, 0.3) is 0 Å². The first-order valence-electron chi connectivity index (χ1n) is 8.41. The Morgan fingerprint density at radius 2 is 2.15 bits per heavy atom. The topological polar surface area (TPSA) is 76.0 Å². The lowest BCUT2D eigenvalue weighted by Gasteiger charge is -2.33. The predicted octanol–water partition coefficient (Wildman–Crippen LogP) is 3.14. The average molecular weight is 380 g/mol. The fraction of sp³-hybridized carbons (Fsp3) is 0.389. The second-order valence-electron chi connectivity index (χ2n) is 5.86. The van der Waals surface area contributed by atoms with Crippen molar-refractivity contribution < 1.29 is 18.7 Å². The van der Waals surface area contributed by atoms with Gasteiger partial charge in [-0.15, -0.1) is 0 Å². The Hall–Kier alpha value is -2.22. The van der Waals surface area contributed by atoms with Crippen molar-refractivity contribution in [2.24, 2.45) is 0 Å². The highest BCUT2D eigenvalue weighted by molar-refractivity contribution is 6.31. The highest BCUT2D eigenvalue weighted by Gasteiger charge is 2.25. The van der Waals surface area contributed by atoms with Gasteiger partial charge in [-0.1, -0.05) is 11.6 Å². The van der Waals surface area contributed by atoms with Crippen molar-refractivity contribution in [3.8, 4) is 5.75 Å². The third kappa shape index (κ3) is 4.69. The molecular weight excluding hydrogens is 358 g/mol. The number of anilines is 1. The number of ether oxygens (including phenoxy) is 2. The summed E-state index contributed by atoms with van der Waals surface area (Å²) in [4.78, 5) is 14.6. The van der Waals surface area contributed by atoms with Gasteiger partial charge in [-0.05, 0) is 30.3 Å². The number of nitrogens with one attached hydrogen (secondary N) is 2. The number of benzene rings is 1. The van der Waals surface area contributed by atoms with Crippen LogP contribution < -0.4 is 15.4 Å². The monoisotopic (exact) mass is 379 g/mol. The fourth-order valence-corrected chi connectivity index (χ4v) is 3.09. The highest BCUT2D eigenvalue weighted by atomic mass is 35.5. The first-order valence-corrected chi connectivity index (χ1v) is 8.79. The van der Waals surface area contributed by atoms with Gasteiger partial charge in [0.15, 0.2) is 0 Å². The quantitative estimate of drug-likeness (QED) is 0.806. The summed E-state index contributed by atoms with van der Waals surface area (Å²) in [6.07, 6.45) is 1.64. The molecule has 1 fully saturated rings. The summed E-state index contributed by atoms with van der Waals surface area (Å²) in [7, 11) is 1.54. The molecule has 2 heterocycles. The van der Waals surface area contributed by atoms with Gasteiger partial charge in [0.1, 0.15) is 11.5 Å². The van der Waals surface area contributed by atoms with E-state index in [-0.39, 0.29) is 12.1 Å². The molecule has 1 atom stereocenters. The SMILES string of the molecule is COc1ccc(Cl)cc1NC(=O)NCC(c1ccco1)N1CCOCC1. The van der Waals surface area contributed by atoms with E-state index >= 15 is 0 Å². The lowest BCUT2D eigenvalue weighted by atomic mass is 10.1. The van der Waals surface area contributed by atoms with E-state index in [0.29, 0.717) is 36.2 Å². The van der Waals surface area contributed by atoms with E-state index in [0.717, 1.165) is 18.8 Å². The molecule has 1 saturated heterocycles. The Morgan fingerprint density at radius 1 is 1.35 bits per heavy atom. The molecule has 7 nitrogen and oxygen atoms in total. The minimum Gasteiger partial charge on any atom is -0.495 e. The number of hydrogen-bond acceptors (Lipinski definition) is 5. The molecule has 0 bridgehead atoms. The normalized spacial score (nSPS) is 16.1. The van der Waals surface area contributed by atoms with Gasteiger partial charge in [-0.3, -0.25) is 4.90 Å². The average Bonchev–Trinajstić information content (AvgIpc) is 3.17. The van der Waals surface area contributed by atoms with Crippen molar-refractivity contribution in [3.05, 3.63) is 47.4 Å². The summed E-state index contributed by atoms with van der Waals surface area (Å²) in [5.74, 6) is 1.35. The van der Waals surface area contributed by atoms with Crippen molar-refractivity contribution in [1.29, 1.82) is 0 Å². The molecule has 1 unspecified atom stereocenters. The number of rotatable bonds is 6. The first-order chi connectivity index (χ1) is 12.7. The summed E-state index contributed by atoms with van der Waals surface area (Å²) in [5, 5.41) is 6.19. The second kappa shape index (κ2) is 8.93. The smallest absolute Gasteiger partial charge is 0.319 e. The van der Waals surface area contributed by atoms with Gasteiger partial charge in [-0.2, -0.15) is 0 Å². The van der Waals surface area contributed by atoms with Crippen LogP contribution in [-0.2, 0) is 4.74 Å². The van der Waals surface area contributed by atoms with Gasteiger partial charge in [0.2, 0.25) is 0 Å². The number of amides is 2. The van der Waals surface area contributed by atoms with E-state index in [9.17, 15) is 4.79 Å². The van der Waals surface area contributed by atoms with Gasteiger partial charge in [-0.25, -0.2) is 4.79 Å². The molecule has 140 valence electrons. The van der Waals surface area contributed by atoms with Gasteiger partial charge in [0, 0.05) is 24.7 Å². The van der Waals surface area contributed by atoms with Crippen LogP contribution in [0.5, 0.6) is 5.75 Å². The van der Waals surface area contributed by atoms with Gasteiger partial charge >= 0.3 is 6.03 Å². The van der Waals surface area contributed by atoms with Crippen LogP contribution in [-0.4, -0.2) is 50.9 Å². The van der Waals surface area contributed by atoms with Crippen LogP contribution in [0.2, 0.25) is 5.02 Å². The van der Waals surface area contributed by atoms with Crippen LogP contribution in [0.3, 0.4) is 0 Å². The van der Waals surface area contributed by atoms with Crippen LogP contribution >= 0.6 is 11.6 Å². The van der Waals surface area contributed by atoms with Crippen LogP contribution in [0.4, 0.5) is 10.5 Å². The zero-order valence-electron chi connectivity index (χ0n) is 14.5. The summed E-state index contributed by atoms with van der Waals surface area (Å²) in [6.45, 7) is 3.32. The molecule has 1 aromatic heterocycles. The second-order valence-corrected chi connectivity index (χ2v) is 6.30. The minimum absolute atomic E-state index is 0.0547. The van der Waals surface area contributed by atoms with Crippen LogP contribution in [0.1, 0.15) is 11.8 Å². The molecule has 8 heteroatoms. The standard InChI is InChI=1S/C18H22ClN3O4/c1-24-16-5-4-13(19)11-14(16)21-18(23)20-12-15(17-3-2-8-26-17)22-6-9-25-10-7-22/h2-5,8,11,15H,6-7,9-10,12H2,1H3,(H2,20,21,23).